The number of hydrogen-bond donors (Lipinski definition) is 0. The molecule has 24 heavy (non-hydrogen) atoms. The van der Waals surface area contributed by atoms with Gasteiger partial charge < -0.3 is 32.2 Å². The third kappa shape index (κ3) is 13.0. The van der Waals surface area contributed by atoms with Crippen molar-refractivity contribution in [2.24, 2.45) is 0 Å². The summed E-state index contributed by atoms with van der Waals surface area (Å²) in [6.07, 6.45) is 0.784. The number of ether oxygens (including phenoxy) is 4. The summed E-state index contributed by atoms with van der Waals surface area (Å²) < 4.78 is 38.7. The van der Waals surface area contributed by atoms with E-state index in [1.165, 1.54) is 0 Å². The molecular formula is C16H34O7Si. The van der Waals surface area contributed by atoms with E-state index in [0.717, 1.165) is 12.0 Å². The molecule has 144 valence electrons. The van der Waals surface area contributed by atoms with Crippen LogP contribution in [0.25, 0.3) is 0 Å². The molecule has 0 saturated carbocycles. The van der Waals surface area contributed by atoms with Gasteiger partial charge in [-0.2, -0.15) is 0 Å². The Labute approximate surface area is 147 Å². The van der Waals surface area contributed by atoms with Crippen molar-refractivity contribution in [3.05, 3.63) is 12.2 Å². The van der Waals surface area contributed by atoms with Gasteiger partial charge in [0, 0.05) is 34.0 Å². The lowest BCUT2D eigenvalue weighted by Gasteiger charge is -2.29. The number of rotatable bonds is 18. The van der Waals surface area contributed by atoms with Crippen LogP contribution in [0.1, 0.15) is 13.3 Å². The molecule has 0 bridgehead atoms. The Morgan fingerprint density at radius 1 is 0.750 bits per heavy atom. The number of methoxy groups -OCH3 is 3. The summed E-state index contributed by atoms with van der Waals surface area (Å²) >= 11 is 0. The topological polar surface area (TPSA) is 64.6 Å². The van der Waals surface area contributed by atoms with E-state index in [-0.39, 0.29) is 0 Å². The second kappa shape index (κ2) is 16.2. The predicted octanol–water partition coefficient (Wildman–Crippen LogP) is 1.90. The van der Waals surface area contributed by atoms with Gasteiger partial charge in [-0.15, -0.1) is 0 Å². The molecule has 0 aliphatic heterocycles. The highest BCUT2D eigenvalue weighted by Gasteiger charge is 2.40. The molecule has 0 fully saturated rings. The Balaban J connectivity index is 4.56. The molecule has 0 radical (unpaired) electrons. The first-order valence-corrected chi connectivity index (χ1v) is 10.1. The molecule has 0 unspecified atom stereocenters. The molecule has 0 aromatic rings. The average Bonchev–Trinajstić information content (AvgIpc) is 2.55. The van der Waals surface area contributed by atoms with Crippen LogP contribution >= 0.6 is 0 Å². The molecule has 7 nitrogen and oxygen atoms in total. The van der Waals surface area contributed by atoms with Crippen molar-refractivity contribution in [3.8, 4) is 0 Å². The van der Waals surface area contributed by atoms with Crippen LogP contribution < -0.4 is 0 Å². The van der Waals surface area contributed by atoms with E-state index in [1.807, 2.05) is 6.92 Å². The fourth-order valence-electron chi connectivity index (χ4n) is 1.82. The molecule has 0 aliphatic rings. The second-order valence-electron chi connectivity index (χ2n) is 5.32. The Morgan fingerprint density at radius 2 is 1.21 bits per heavy atom. The fourth-order valence-corrected chi connectivity index (χ4v) is 4.26. The van der Waals surface area contributed by atoms with Crippen molar-refractivity contribution in [3.63, 3.8) is 0 Å². The third-order valence-electron chi connectivity index (χ3n) is 2.95. The van der Waals surface area contributed by atoms with Gasteiger partial charge in [0.15, 0.2) is 0 Å². The highest BCUT2D eigenvalue weighted by Crippen LogP contribution is 2.18. The summed E-state index contributed by atoms with van der Waals surface area (Å²) in [5, 5.41) is 0. The standard InChI is InChI=1S/C16H34O7Si/c1-16(2)15-20-7-6-14-24(21-11-8-17-3,22-12-9-18-4)23-13-10-19-5/h1,6-15H2,2-5H3. The molecule has 0 saturated heterocycles. The first kappa shape index (κ1) is 23.7. The van der Waals surface area contributed by atoms with Crippen LogP contribution in [0.5, 0.6) is 0 Å². The van der Waals surface area contributed by atoms with Crippen molar-refractivity contribution in [1.82, 2.24) is 0 Å². The molecule has 0 aliphatic carbocycles. The van der Waals surface area contributed by atoms with Crippen molar-refractivity contribution in [2.75, 3.05) is 74.2 Å². The third-order valence-corrected chi connectivity index (χ3v) is 5.85. The second-order valence-corrected chi connectivity index (χ2v) is 8.05. The maximum Gasteiger partial charge on any atom is 0.501 e. The van der Waals surface area contributed by atoms with Gasteiger partial charge in [-0.25, -0.2) is 0 Å². The molecule has 0 aromatic heterocycles. The van der Waals surface area contributed by atoms with Crippen molar-refractivity contribution < 1.29 is 32.2 Å². The number of hydrogen-bond acceptors (Lipinski definition) is 7. The van der Waals surface area contributed by atoms with Crippen LogP contribution in [0.2, 0.25) is 6.04 Å². The molecular weight excluding hydrogens is 332 g/mol. The van der Waals surface area contributed by atoms with Gasteiger partial charge in [0.25, 0.3) is 0 Å². The Bertz CT molecular complexity index is 276. The van der Waals surface area contributed by atoms with Crippen molar-refractivity contribution >= 4 is 8.80 Å². The van der Waals surface area contributed by atoms with Gasteiger partial charge in [0.05, 0.1) is 46.2 Å². The van der Waals surface area contributed by atoms with E-state index in [2.05, 4.69) is 6.58 Å². The lowest BCUT2D eigenvalue weighted by atomic mass is 10.4. The minimum Gasteiger partial charge on any atom is -0.382 e. The predicted molar refractivity (Wildman–Crippen MR) is 94.3 cm³/mol. The van der Waals surface area contributed by atoms with Gasteiger partial charge in [-0.3, -0.25) is 0 Å². The molecule has 0 heterocycles. The minimum absolute atomic E-state index is 0.426. The summed E-state index contributed by atoms with van der Waals surface area (Å²) in [5.41, 5.74) is 1.00. The summed E-state index contributed by atoms with van der Waals surface area (Å²) in [6, 6.07) is 0.667. The molecule has 0 spiro atoms. The van der Waals surface area contributed by atoms with Gasteiger partial charge in [0.2, 0.25) is 0 Å². The van der Waals surface area contributed by atoms with Crippen LogP contribution in [0.15, 0.2) is 12.2 Å². The molecule has 0 atom stereocenters. The monoisotopic (exact) mass is 366 g/mol. The van der Waals surface area contributed by atoms with Gasteiger partial charge in [-0.1, -0.05) is 12.2 Å². The van der Waals surface area contributed by atoms with E-state index in [4.69, 9.17) is 32.2 Å². The zero-order valence-corrected chi connectivity index (χ0v) is 16.6. The Morgan fingerprint density at radius 3 is 1.58 bits per heavy atom. The summed E-state index contributed by atoms with van der Waals surface area (Å²) in [7, 11) is 2.08. The first-order chi connectivity index (χ1) is 11.6. The molecule has 0 rings (SSSR count). The smallest absolute Gasteiger partial charge is 0.382 e. The Hall–Kier alpha value is -0.323. The van der Waals surface area contributed by atoms with Crippen LogP contribution in [-0.4, -0.2) is 83.0 Å². The SMILES string of the molecule is C=C(C)COCCC[Si](OCCOC)(OCCOC)OCCOC. The van der Waals surface area contributed by atoms with Crippen molar-refractivity contribution in [2.45, 2.75) is 19.4 Å². The summed E-state index contributed by atoms with van der Waals surface area (Å²) in [5.74, 6) is 0. The van der Waals surface area contributed by atoms with E-state index < -0.39 is 8.80 Å². The maximum absolute atomic E-state index is 5.98. The fraction of sp³-hybridized carbons (Fsp3) is 0.875. The van der Waals surface area contributed by atoms with Gasteiger partial charge in [-0.05, 0) is 13.3 Å². The van der Waals surface area contributed by atoms with E-state index in [9.17, 15) is 0 Å². The van der Waals surface area contributed by atoms with Crippen LogP contribution in [0.4, 0.5) is 0 Å². The molecule has 0 amide bonds. The molecule has 0 N–H and O–H groups in total. The lowest BCUT2D eigenvalue weighted by molar-refractivity contribution is 0.0130. The van der Waals surface area contributed by atoms with Gasteiger partial charge in [0.1, 0.15) is 0 Å². The average molecular weight is 367 g/mol. The normalized spacial score (nSPS) is 11.8. The molecule has 0 aromatic carbocycles. The highest BCUT2D eigenvalue weighted by atomic mass is 28.4. The largest absolute Gasteiger partial charge is 0.501 e. The van der Waals surface area contributed by atoms with Crippen molar-refractivity contribution in [1.29, 1.82) is 0 Å². The summed E-state index contributed by atoms with van der Waals surface area (Å²) in [6.45, 7) is 9.67. The molecule has 8 heteroatoms. The van der Waals surface area contributed by atoms with E-state index in [0.29, 0.717) is 58.9 Å². The van der Waals surface area contributed by atoms with Crippen LogP contribution in [0.3, 0.4) is 0 Å². The zero-order chi connectivity index (χ0) is 18.1. The van der Waals surface area contributed by atoms with Crippen LogP contribution in [-0.2, 0) is 32.2 Å². The van der Waals surface area contributed by atoms with Gasteiger partial charge >= 0.3 is 8.80 Å². The van der Waals surface area contributed by atoms with Crippen LogP contribution in [0, 0.1) is 0 Å². The minimum atomic E-state index is -2.83. The summed E-state index contributed by atoms with van der Waals surface area (Å²) in [4.78, 5) is 0. The first-order valence-electron chi connectivity index (χ1n) is 8.21. The lowest BCUT2D eigenvalue weighted by Crippen LogP contribution is -2.48. The Kier molecular flexibility index (Phi) is 15.9. The van der Waals surface area contributed by atoms with E-state index in [1.54, 1.807) is 21.3 Å². The van der Waals surface area contributed by atoms with E-state index >= 15 is 0 Å². The zero-order valence-electron chi connectivity index (χ0n) is 15.6. The quantitative estimate of drug-likeness (QED) is 0.208. The maximum atomic E-state index is 5.98. The highest BCUT2D eigenvalue weighted by molar-refractivity contribution is 6.60.